The predicted molar refractivity (Wildman–Crippen MR) is 369 cm³/mol. The van der Waals surface area contributed by atoms with E-state index >= 15 is 0 Å². The molecule has 14 atom stereocenters. The van der Waals surface area contributed by atoms with Gasteiger partial charge in [0.2, 0.25) is 0 Å². The quantitative estimate of drug-likeness (QED) is 0.0317. The lowest BCUT2D eigenvalue weighted by Crippen LogP contribution is -2.60. The zero-order valence-electron chi connectivity index (χ0n) is 59.2. The van der Waals surface area contributed by atoms with Gasteiger partial charge in [0.1, 0.15) is 31.0 Å². The van der Waals surface area contributed by atoms with Crippen LogP contribution >= 0.6 is 0 Å². The van der Waals surface area contributed by atoms with Gasteiger partial charge in [-0.2, -0.15) is 0 Å². The van der Waals surface area contributed by atoms with Gasteiger partial charge in [-0.25, -0.2) is 0 Å². The Kier molecular flexibility index (Phi) is 38.6. The molecule has 1 heterocycles. The molecule has 7 heteroatoms. The molecule has 0 amide bonds. The Labute approximate surface area is 540 Å². The highest BCUT2D eigenvalue weighted by Crippen LogP contribution is 2.73. The van der Waals surface area contributed by atoms with Gasteiger partial charge in [-0.1, -0.05) is 337 Å². The van der Waals surface area contributed by atoms with Crippen molar-refractivity contribution in [1.82, 2.24) is 0 Å². The van der Waals surface area contributed by atoms with E-state index in [1.165, 1.54) is 295 Å². The van der Waals surface area contributed by atoms with Crippen molar-refractivity contribution >= 4 is 5.97 Å². The van der Waals surface area contributed by atoms with Gasteiger partial charge < -0.3 is 29.5 Å². The summed E-state index contributed by atoms with van der Waals surface area (Å²) in [5.41, 5.74) is 2.39. The van der Waals surface area contributed by atoms with Crippen molar-refractivity contribution in [3.8, 4) is 0 Å². The van der Waals surface area contributed by atoms with Crippen LogP contribution in [0.3, 0.4) is 0 Å². The van der Waals surface area contributed by atoms with Crippen LogP contribution in [0, 0.1) is 51.8 Å². The fourth-order valence-electron chi connectivity index (χ4n) is 18.6. The van der Waals surface area contributed by atoms with Crippen LogP contribution in [0.2, 0.25) is 0 Å². The monoisotopic (exact) mass is 1220 g/mol. The Balaban J connectivity index is 0.778. The van der Waals surface area contributed by atoms with Crippen molar-refractivity contribution in [2.45, 2.75) is 433 Å². The minimum Gasteiger partial charge on any atom is -0.463 e. The maximum Gasteiger partial charge on any atom is 0.305 e. The van der Waals surface area contributed by atoms with Crippen molar-refractivity contribution in [3.63, 3.8) is 0 Å². The number of carbonyl (C=O) groups excluding carboxylic acids is 1. The zero-order chi connectivity index (χ0) is 62.6. The molecule has 5 rings (SSSR count). The highest BCUT2D eigenvalue weighted by Gasteiger charge is 2.65. The van der Waals surface area contributed by atoms with Gasteiger partial charge in [0.05, 0.1) is 6.10 Å². The van der Waals surface area contributed by atoms with Crippen LogP contribution in [-0.2, 0) is 19.0 Å². The fraction of sp³-hybridized carbons (Fsp3) is 0.963. The Morgan fingerprint density at radius 2 is 0.943 bits per heavy atom. The average molecular weight is 1220 g/mol. The van der Waals surface area contributed by atoms with E-state index in [9.17, 15) is 20.1 Å². The maximum absolute atomic E-state index is 12.8. The number of hydrogen-bond acceptors (Lipinski definition) is 7. The van der Waals surface area contributed by atoms with Crippen LogP contribution in [0.25, 0.3) is 0 Å². The third-order valence-electron chi connectivity index (χ3n) is 25.0. The van der Waals surface area contributed by atoms with Crippen molar-refractivity contribution < 1.29 is 34.3 Å². The summed E-state index contributed by atoms with van der Waals surface area (Å²) in [6, 6.07) is 0. The van der Waals surface area contributed by atoms with Crippen LogP contribution in [0.15, 0.2) is 11.6 Å². The van der Waals surface area contributed by atoms with Gasteiger partial charge in [0.25, 0.3) is 0 Å². The third kappa shape index (κ3) is 26.0. The van der Waals surface area contributed by atoms with E-state index in [4.69, 9.17) is 14.2 Å². The molecule has 3 N–H and O–H groups in total. The minimum atomic E-state index is -1.45. The second-order valence-electron chi connectivity index (χ2n) is 31.7. The van der Waals surface area contributed by atoms with Crippen molar-refractivity contribution in [2.75, 3.05) is 6.61 Å². The summed E-state index contributed by atoms with van der Waals surface area (Å²) in [5, 5.41) is 32.9. The van der Waals surface area contributed by atoms with Gasteiger partial charge in [-0.15, -0.1) is 0 Å². The van der Waals surface area contributed by atoms with Crippen molar-refractivity contribution in [3.05, 3.63) is 11.6 Å². The molecule has 510 valence electrons. The number of aliphatic hydroxyl groups is 3. The van der Waals surface area contributed by atoms with E-state index in [0.29, 0.717) is 29.1 Å². The summed E-state index contributed by atoms with van der Waals surface area (Å²) in [6.07, 6.45) is 67.1. The largest absolute Gasteiger partial charge is 0.463 e. The molecule has 87 heavy (non-hydrogen) atoms. The molecule has 4 aliphatic carbocycles. The van der Waals surface area contributed by atoms with E-state index < -0.39 is 30.7 Å². The first-order valence-corrected chi connectivity index (χ1v) is 39.4. The van der Waals surface area contributed by atoms with E-state index in [1.54, 1.807) is 0 Å². The maximum atomic E-state index is 12.8. The second-order valence-corrected chi connectivity index (χ2v) is 31.7. The van der Waals surface area contributed by atoms with E-state index in [1.807, 2.05) is 0 Å². The van der Waals surface area contributed by atoms with Crippen LogP contribution in [0.4, 0.5) is 0 Å². The number of allylic oxidation sites excluding steroid dienone is 1. The molecule has 0 spiro atoms. The number of rotatable bonds is 52. The minimum absolute atomic E-state index is 0.143. The van der Waals surface area contributed by atoms with Crippen LogP contribution in [0.1, 0.15) is 396 Å². The summed E-state index contributed by atoms with van der Waals surface area (Å²) in [6.45, 7) is 19.8. The molecule has 3 saturated carbocycles. The zero-order valence-corrected chi connectivity index (χ0v) is 59.2. The van der Waals surface area contributed by atoms with Crippen LogP contribution in [-0.4, -0.2) is 64.7 Å². The van der Waals surface area contributed by atoms with Crippen molar-refractivity contribution in [2.24, 2.45) is 51.8 Å². The Morgan fingerprint density at radius 3 is 1.37 bits per heavy atom. The first-order chi connectivity index (χ1) is 42.2. The van der Waals surface area contributed by atoms with Gasteiger partial charge in [0.15, 0.2) is 6.29 Å². The van der Waals surface area contributed by atoms with Crippen molar-refractivity contribution in [1.29, 1.82) is 0 Å². The molecule has 7 nitrogen and oxygen atoms in total. The molecule has 0 aromatic rings. The first kappa shape index (κ1) is 76.7. The van der Waals surface area contributed by atoms with Crippen LogP contribution in [0.5, 0.6) is 0 Å². The molecule has 4 fully saturated rings. The Hall–Kier alpha value is -0.990. The molecule has 0 radical (unpaired) electrons. The summed E-state index contributed by atoms with van der Waals surface area (Å²) < 4.78 is 18.3. The number of carbonyl (C=O) groups is 1. The molecule has 1 saturated heterocycles. The topological polar surface area (TPSA) is 105 Å². The summed E-state index contributed by atoms with van der Waals surface area (Å²) >= 11 is 0. The second kappa shape index (κ2) is 43.8. The highest BCUT2D eigenvalue weighted by molar-refractivity contribution is 5.69. The molecule has 0 unspecified atom stereocenters. The molecule has 0 aromatic carbocycles. The van der Waals surface area contributed by atoms with Gasteiger partial charge in [0, 0.05) is 6.42 Å². The van der Waals surface area contributed by atoms with Gasteiger partial charge in [-0.3, -0.25) is 4.79 Å². The van der Waals surface area contributed by atoms with E-state index in [0.717, 1.165) is 68.6 Å². The number of ether oxygens (including phenoxy) is 3. The van der Waals surface area contributed by atoms with Gasteiger partial charge >= 0.3 is 5.97 Å². The normalized spacial score (nSPS) is 29.6. The molecule has 5 aliphatic rings. The molecule has 0 aromatic heterocycles. The average Bonchev–Trinajstić information content (AvgIpc) is 1.79. The SMILES string of the molecule is CCCCCCCCCCCCCCCCCCCCCCCCCCCCCCCCCCCCCCCCCCCC(=O)OC[C@H]1O[C@@H](O[C@H]2CC[C@@]3(C)C(=CC[C@@H]4[C@@H]3CC[C@]3(C)[C@@H]([C@H](C)CC[C@@H](CC)C(C)C)CC[C@@]43C)C2)[C@H](O)[C@@H](O)[C@@H]1O. The molecule has 0 bridgehead atoms. The smallest absolute Gasteiger partial charge is 0.305 e. The number of esters is 1. The fourth-order valence-corrected chi connectivity index (χ4v) is 18.6. The molecular weight excluding hydrogens is 1070 g/mol. The molecular formula is C80H148O7. The number of unbranched alkanes of at least 4 members (excludes halogenated alkanes) is 40. The Bertz CT molecular complexity index is 1760. The summed E-state index contributed by atoms with van der Waals surface area (Å²) in [5.74, 6) is 4.26. The number of hydrogen-bond donors (Lipinski definition) is 3. The summed E-state index contributed by atoms with van der Waals surface area (Å²) in [4.78, 5) is 12.8. The number of aliphatic hydroxyl groups excluding tert-OH is 3. The van der Waals surface area contributed by atoms with E-state index in [2.05, 4.69) is 61.5 Å². The third-order valence-corrected chi connectivity index (χ3v) is 25.0. The lowest BCUT2D eigenvalue weighted by Gasteiger charge is -2.63. The molecule has 1 aliphatic heterocycles. The lowest BCUT2D eigenvalue weighted by molar-refractivity contribution is -0.313. The standard InChI is InChI=1S/C80H148O7/c1-9-11-12-13-14-15-16-17-18-19-20-21-22-23-24-25-26-27-28-29-30-31-32-33-34-35-36-37-38-39-40-41-42-43-44-45-46-47-48-49-50-51-73(81)85-63-72-74(82)75(83)76(84)77(87-72)86-68-56-59-78(6)67(62-68)54-55-71-70(78)58-61-79(7)69(57-60-80(71,79)8)65(5)52-53-66(10-2)64(3)4/h54,64-66,68-72,74-77,82-84H,9-53,55-63H2,1-8H3/t65-,66-,68+,69-,70+,71-,72-,74-,75+,76-,77-,78+,79-,80+/m1/s1. The predicted octanol–water partition coefficient (Wildman–Crippen LogP) is 23.2. The summed E-state index contributed by atoms with van der Waals surface area (Å²) in [7, 11) is 0. The van der Waals surface area contributed by atoms with E-state index in [-0.39, 0.29) is 24.1 Å². The highest BCUT2D eigenvalue weighted by atomic mass is 16.7. The van der Waals surface area contributed by atoms with Gasteiger partial charge in [-0.05, 0) is 116 Å². The van der Waals surface area contributed by atoms with Crippen LogP contribution < -0.4 is 0 Å². The lowest BCUT2D eigenvalue weighted by atomic mass is 9.42. The number of fused-ring (bicyclic) bond motifs is 5. The first-order valence-electron chi connectivity index (χ1n) is 39.4. The Morgan fingerprint density at radius 1 is 0.517 bits per heavy atom.